The SMILES string of the molecule is C=CC(=O)N1CCC[C@@H]1OC(=O)Nc1cc2c(Nc3ccc(OCc4cccc(F)c4)c(Cl)c3)ncnc2cc1OCCOC. The van der Waals surface area contributed by atoms with E-state index in [0.29, 0.717) is 76.2 Å². The molecule has 1 aliphatic rings. The van der Waals surface area contributed by atoms with Gasteiger partial charge in [-0.25, -0.2) is 19.2 Å². The number of likely N-dealkylation sites (tertiary alicyclic amines) is 1. The molecule has 1 saturated heterocycles. The molecule has 4 aromatic rings. The van der Waals surface area contributed by atoms with E-state index in [1.54, 1.807) is 49.6 Å². The van der Waals surface area contributed by atoms with Gasteiger partial charge in [-0.15, -0.1) is 0 Å². The van der Waals surface area contributed by atoms with Gasteiger partial charge in [0, 0.05) is 37.2 Å². The van der Waals surface area contributed by atoms with E-state index < -0.39 is 12.3 Å². The molecule has 0 aliphatic carbocycles. The molecule has 1 aromatic heterocycles. The lowest BCUT2D eigenvalue weighted by atomic mass is 10.2. The molecule has 0 spiro atoms. The highest BCUT2D eigenvalue weighted by Crippen LogP contribution is 2.35. The number of fused-ring (bicyclic) bond motifs is 1. The molecule has 0 saturated carbocycles. The fourth-order valence-corrected chi connectivity index (χ4v) is 4.98. The summed E-state index contributed by atoms with van der Waals surface area (Å²) in [5, 5.41) is 6.88. The zero-order valence-electron chi connectivity index (χ0n) is 24.4. The van der Waals surface area contributed by atoms with Gasteiger partial charge in [-0.2, -0.15) is 0 Å². The molecule has 234 valence electrons. The predicted molar refractivity (Wildman–Crippen MR) is 167 cm³/mol. The number of rotatable bonds is 12. The Morgan fingerprint density at radius 2 is 1.98 bits per heavy atom. The molecular formula is C32H31ClFN5O6. The summed E-state index contributed by atoms with van der Waals surface area (Å²) in [6, 6.07) is 14.6. The Hall–Kier alpha value is -4.94. The number of hydrogen-bond acceptors (Lipinski definition) is 9. The number of methoxy groups -OCH3 is 1. The van der Waals surface area contributed by atoms with Crippen molar-refractivity contribution in [3.8, 4) is 11.5 Å². The third-order valence-electron chi connectivity index (χ3n) is 6.89. The van der Waals surface area contributed by atoms with Crippen LogP contribution in [0.4, 0.5) is 26.4 Å². The Kier molecular flexibility index (Phi) is 10.3. The lowest BCUT2D eigenvalue weighted by Gasteiger charge is -2.23. The van der Waals surface area contributed by atoms with Crippen molar-refractivity contribution in [3.63, 3.8) is 0 Å². The van der Waals surface area contributed by atoms with E-state index >= 15 is 0 Å². The molecule has 0 bridgehead atoms. The van der Waals surface area contributed by atoms with Crippen LogP contribution < -0.4 is 20.1 Å². The molecule has 13 heteroatoms. The summed E-state index contributed by atoms with van der Waals surface area (Å²) < 4.78 is 35.8. The lowest BCUT2D eigenvalue weighted by molar-refractivity contribution is -0.132. The number of ether oxygens (including phenoxy) is 4. The molecule has 2 N–H and O–H groups in total. The molecule has 2 amide bonds. The number of halogens is 2. The fraction of sp³-hybridized carbons (Fsp3) is 0.250. The first kappa shape index (κ1) is 31.5. The van der Waals surface area contributed by atoms with Gasteiger partial charge in [-0.05, 0) is 54.5 Å². The van der Waals surface area contributed by atoms with Crippen LogP contribution in [0.3, 0.4) is 0 Å². The van der Waals surface area contributed by atoms with Crippen LogP contribution in [0.5, 0.6) is 11.5 Å². The average Bonchev–Trinajstić information content (AvgIpc) is 3.49. The molecule has 0 radical (unpaired) electrons. The highest BCUT2D eigenvalue weighted by molar-refractivity contribution is 6.32. The normalized spacial score (nSPS) is 14.2. The molecule has 1 aliphatic heterocycles. The van der Waals surface area contributed by atoms with Gasteiger partial charge in [0.1, 0.15) is 42.7 Å². The van der Waals surface area contributed by atoms with Gasteiger partial charge in [-0.3, -0.25) is 10.1 Å². The Morgan fingerprint density at radius 1 is 1.11 bits per heavy atom. The van der Waals surface area contributed by atoms with Crippen molar-refractivity contribution in [1.82, 2.24) is 14.9 Å². The Balaban J connectivity index is 1.36. The van der Waals surface area contributed by atoms with E-state index in [1.807, 2.05) is 0 Å². The zero-order valence-corrected chi connectivity index (χ0v) is 25.2. The van der Waals surface area contributed by atoms with Crippen molar-refractivity contribution in [2.45, 2.75) is 25.7 Å². The molecule has 0 unspecified atom stereocenters. The highest BCUT2D eigenvalue weighted by atomic mass is 35.5. The van der Waals surface area contributed by atoms with E-state index in [4.69, 9.17) is 30.5 Å². The van der Waals surface area contributed by atoms with Gasteiger partial charge < -0.3 is 29.2 Å². The molecule has 2 heterocycles. The maximum absolute atomic E-state index is 13.5. The molecule has 1 fully saturated rings. The molecule has 45 heavy (non-hydrogen) atoms. The van der Waals surface area contributed by atoms with Crippen LogP contribution in [0, 0.1) is 5.82 Å². The lowest BCUT2D eigenvalue weighted by Crippen LogP contribution is -2.38. The minimum atomic E-state index is -0.758. The van der Waals surface area contributed by atoms with Crippen LogP contribution in [-0.2, 0) is 20.9 Å². The number of anilines is 3. The second-order valence-corrected chi connectivity index (χ2v) is 10.4. The van der Waals surface area contributed by atoms with Crippen molar-refractivity contribution in [3.05, 3.63) is 90.0 Å². The van der Waals surface area contributed by atoms with Gasteiger partial charge in [0.15, 0.2) is 6.23 Å². The standard InChI is InChI=1S/C32H31ClFN5O6/c1-3-29(40)39-11-5-8-30(39)45-32(41)38-26-16-23-25(17-28(26)43-13-12-42-2)35-19-36-31(23)37-22-9-10-27(24(33)15-22)44-18-20-6-4-7-21(34)14-20/h3-4,6-7,9-10,14-17,19,30H,1,5,8,11-13,18H2,2H3,(H,38,41)(H,35,36,37)/t30-/m0/s1. The third-order valence-corrected chi connectivity index (χ3v) is 7.19. The Morgan fingerprint density at radius 3 is 2.76 bits per heavy atom. The molecular weight excluding hydrogens is 605 g/mol. The van der Waals surface area contributed by atoms with Crippen LogP contribution in [0.15, 0.2) is 73.6 Å². The summed E-state index contributed by atoms with van der Waals surface area (Å²) in [6.07, 6.45) is 2.34. The maximum Gasteiger partial charge on any atom is 0.413 e. The van der Waals surface area contributed by atoms with Crippen LogP contribution in [0.1, 0.15) is 18.4 Å². The van der Waals surface area contributed by atoms with E-state index in [-0.39, 0.29) is 24.9 Å². The van der Waals surface area contributed by atoms with Gasteiger partial charge in [0.2, 0.25) is 5.91 Å². The largest absolute Gasteiger partial charge is 0.489 e. The van der Waals surface area contributed by atoms with Crippen LogP contribution >= 0.6 is 11.6 Å². The average molecular weight is 636 g/mol. The summed E-state index contributed by atoms with van der Waals surface area (Å²) in [4.78, 5) is 35.4. The first-order valence-corrected chi connectivity index (χ1v) is 14.5. The Labute approximate surface area is 263 Å². The minimum absolute atomic E-state index is 0.150. The van der Waals surface area contributed by atoms with Crippen molar-refractivity contribution in [2.24, 2.45) is 0 Å². The summed E-state index contributed by atoms with van der Waals surface area (Å²) in [7, 11) is 1.55. The van der Waals surface area contributed by atoms with Crippen molar-refractivity contribution >= 4 is 51.7 Å². The second-order valence-electron chi connectivity index (χ2n) is 9.98. The number of carbonyl (C=O) groups is 2. The zero-order chi connectivity index (χ0) is 31.8. The summed E-state index contributed by atoms with van der Waals surface area (Å²) in [6.45, 7) is 4.68. The number of amides is 2. The third kappa shape index (κ3) is 7.97. The van der Waals surface area contributed by atoms with Crippen LogP contribution in [-0.4, -0.2) is 60.0 Å². The summed E-state index contributed by atoms with van der Waals surface area (Å²) in [5.41, 5.74) is 2.13. The summed E-state index contributed by atoms with van der Waals surface area (Å²) in [5.74, 6) is 0.553. The minimum Gasteiger partial charge on any atom is -0.489 e. The van der Waals surface area contributed by atoms with Crippen molar-refractivity contribution in [2.75, 3.05) is 37.5 Å². The topological polar surface area (TPSA) is 124 Å². The van der Waals surface area contributed by atoms with Crippen molar-refractivity contribution in [1.29, 1.82) is 0 Å². The second kappa shape index (κ2) is 14.7. The van der Waals surface area contributed by atoms with Gasteiger partial charge in [0.25, 0.3) is 0 Å². The summed E-state index contributed by atoms with van der Waals surface area (Å²) >= 11 is 6.49. The van der Waals surface area contributed by atoms with Gasteiger partial charge >= 0.3 is 6.09 Å². The number of nitrogens with zero attached hydrogens (tertiary/aromatic N) is 3. The first-order valence-electron chi connectivity index (χ1n) is 14.1. The number of benzene rings is 3. The maximum atomic E-state index is 13.5. The Bertz CT molecular complexity index is 1710. The number of carbonyl (C=O) groups excluding carboxylic acids is 2. The monoisotopic (exact) mass is 635 g/mol. The van der Waals surface area contributed by atoms with E-state index in [2.05, 4.69) is 27.2 Å². The fourth-order valence-electron chi connectivity index (χ4n) is 4.75. The molecule has 5 rings (SSSR count). The van der Waals surface area contributed by atoms with Crippen LogP contribution in [0.2, 0.25) is 5.02 Å². The van der Waals surface area contributed by atoms with E-state index in [9.17, 15) is 14.0 Å². The first-order chi connectivity index (χ1) is 21.8. The number of nitrogens with one attached hydrogen (secondary N) is 2. The van der Waals surface area contributed by atoms with Crippen LogP contribution in [0.25, 0.3) is 10.9 Å². The molecule has 1 atom stereocenters. The van der Waals surface area contributed by atoms with E-state index in [1.165, 1.54) is 29.4 Å². The number of aromatic nitrogens is 2. The van der Waals surface area contributed by atoms with E-state index in [0.717, 1.165) is 0 Å². The quantitative estimate of drug-likeness (QED) is 0.133. The van der Waals surface area contributed by atoms with Gasteiger partial charge in [-0.1, -0.05) is 30.3 Å². The van der Waals surface area contributed by atoms with Gasteiger partial charge in [0.05, 0.1) is 22.8 Å². The van der Waals surface area contributed by atoms with Crippen molar-refractivity contribution < 1.29 is 32.9 Å². The predicted octanol–water partition coefficient (Wildman–Crippen LogP) is 6.45. The highest BCUT2D eigenvalue weighted by Gasteiger charge is 2.30. The molecule has 3 aromatic carbocycles. The number of hydrogen-bond donors (Lipinski definition) is 2. The molecule has 11 nitrogen and oxygen atoms in total. The smallest absolute Gasteiger partial charge is 0.413 e.